The van der Waals surface area contributed by atoms with Crippen LogP contribution in [-0.2, 0) is 6.54 Å². The zero-order valence-corrected chi connectivity index (χ0v) is 10.2. The van der Waals surface area contributed by atoms with E-state index < -0.39 is 0 Å². The summed E-state index contributed by atoms with van der Waals surface area (Å²) in [5, 5.41) is 12.6. The summed E-state index contributed by atoms with van der Waals surface area (Å²) in [6.45, 7) is 5.33. The van der Waals surface area contributed by atoms with Crippen LogP contribution in [0.25, 0.3) is 0 Å². The van der Waals surface area contributed by atoms with Crippen molar-refractivity contribution < 1.29 is 4.79 Å². The molecule has 0 fully saturated rings. The molecule has 0 aliphatic heterocycles. The van der Waals surface area contributed by atoms with Crippen LogP contribution in [-0.4, -0.2) is 33.7 Å². The first-order valence-corrected chi connectivity index (χ1v) is 5.63. The molecule has 0 radical (unpaired) electrons. The summed E-state index contributed by atoms with van der Waals surface area (Å²) in [7, 11) is 0. The van der Waals surface area contributed by atoms with Crippen molar-refractivity contribution in [1.29, 1.82) is 5.26 Å². The Hall–Kier alpha value is -2.03. The second-order valence-corrected chi connectivity index (χ2v) is 3.56. The molecule has 1 rings (SSSR count). The van der Waals surface area contributed by atoms with Crippen LogP contribution >= 0.6 is 0 Å². The molecule has 0 bridgehead atoms. The van der Waals surface area contributed by atoms with Crippen molar-refractivity contribution in [3.8, 4) is 6.07 Å². The van der Waals surface area contributed by atoms with Gasteiger partial charge in [0.25, 0.3) is 5.91 Å². The van der Waals surface area contributed by atoms with Gasteiger partial charge in [-0.1, -0.05) is 0 Å². The van der Waals surface area contributed by atoms with Gasteiger partial charge in [0, 0.05) is 19.6 Å². The Balaban J connectivity index is 2.93. The van der Waals surface area contributed by atoms with Crippen LogP contribution in [0.1, 0.15) is 30.8 Å². The molecule has 17 heavy (non-hydrogen) atoms. The van der Waals surface area contributed by atoms with Gasteiger partial charge in [-0.2, -0.15) is 10.4 Å². The highest BCUT2D eigenvalue weighted by atomic mass is 16.2. The van der Waals surface area contributed by atoms with E-state index in [2.05, 4.69) is 5.10 Å². The van der Waals surface area contributed by atoms with Crippen LogP contribution in [0.3, 0.4) is 0 Å². The molecule has 0 unspecified atom stereocenters. The normalized spacial score (nSPS) is 9.94. The fraction of sp³-hybridized carbons (Fsp3) is 0.545. The highest BCUT2D eigenvalue weighted by Crippen LogP contribution is 2.13. The molecule has 0 spiro atoms. The van der Waals surface area contributed by atoms with Gasteiger partial charge in [-0.3, -0.25) is 9.48 Å². The van der Waals surface area contributed by atoms with Gasteiger partial charge in [0.1, 0.15) is 5.69 Å². The van der Waals surface area contributed by atoms with Gasteiger partial charge in [-0.15, -0.1) is 0 Å². The molecule has 1 aromatic rings. The van der Waals surface area contributed by atoms with E-state index in [1.807, 2.05) is 19.9 Å². The molecule has 6 heteroatoms. The quantitative estimate of drug-likeness (QED) is 0.819. The highest BCUT2D eigenvalue weighted by Gasteiger charge is 2.21. The maximum atomic E-state index is 12.2. The van der Waals surface area contributed by atoms with Gasteiger partial charge < -0.3 is 10.6 Å². The molecule has 0 atom stereocenters. The lowest BCUT2D eigenvalue weighted by Gasteiger charge is -2.20. The number of carbonyl (C=O) groups excluding carboxylic acids is 1. The van der Waals surface area contributed by atoms with Crippen LogP contribution in [0.2, 0.25) is 0 Å². The fourth-order valence-electron chi connectivity index (χ4n) is 1.61. The Bertz CT molecular complexity index is 432. The van der Waals surface area contributed by atoms with Crippen molar-refractivity contribution >= 4 is 11.6 Å². The SMILES string of the molecule is CCN(CCC#N)C(=O)c1c(N)cnn1CC. The molecule has 92 valence electrons. The van der Waals surface area contributed by atoms with Crippen molar-refractivity contribution in [2.24, 2.45) is 0 Å². The van der Waals surface area contributed by atoms with Crippen LogP contribution in [0.15, 0.2) is 6.20 Å². The molecule has 0 aromatic carbocycles. The number of anilines is 1. The Morgan fingerprint density at radius 1 is 1.65 bits per heavy atom. The second-order valence-electron chi connectivity index (χ2n) is 3.56. The number of nitrogen functional groups attached to an aromatic ring is 1. The number of nitrogens with two attached hydrogens (primary N) is 1. The number of nitriles is 1. The average Bonchev–Trinajstić information content (AvgIpc) is 2.71. The molecule has 6 nitrogen and oxygen atoms in total. The van der Waals surface area contributed by atoms with E-state index in [0.717, 1.165) is 0 Å². The summed E-state index contributed by atoms with van der Waals surface area (Å²) in [6, 6.07) is 2.03. The molecule has 0 aliphatic rings. The first-order chi connectivity index (χ1) is 8.15. The third-order valence-corrected chi connectivity index (χ3v) is 2.53. The molecule has 1 heterocycles. The van der Waals surface area contributed by atoms with Crippen molar-refractivity contribution in [3.63, 3.8) is 0 Å². The predicted octanol–water partition coefficient (Wildman–Crippen LogP) is 0.861. The van der Waals surface area contributed by atoms with E-state index in [-0.39, 0.29) is 5.91 Å². The minimum atomic E-state index is -0.167. The van der Waals surface area contributed by atoms with Crippen molar-refractivity contribution in [2.75, 3.05) is 18.8 Å². The van der Waals surface area contributed by atoms with E-state index in [4.69, 9.17) is 11.0 Å². The van der Waals surface area contributed by atoms with Crippen molar-refractivity contribution in [1.82, 2.24) is 14.7 Å². The lowest BCUT2D eigenvalue weighted by Crippen LogP contribution is -2.33. The standard InChI is InChI=1S/C11H17N5O/c1-3-15(7-5-6-12)11(17)10-9(13)8-14-16(10)4-2/h8H,3-5,7,13H2,1-2H3. The molecule has 0 saturated heterocycles. The maximum absolute atomic E-state index is 12.2. The summed E-state index contributed by atoms with van der Waals surface area (Å²) >= 11 is 0. The lowest BCUT2D eigenvalue weighted by atomic mass is 10.3. The minimum Gasteiger partial charge on any atom is -0.396 e. The number of aromatic nitrogens is 2. The zero-order valence-electron chi connectivity index (χ0n) is 10.2. The first-order valence-electron chi connectivity index (χ1n) is 5.63. The van der Waals surface area contributed by atoms with Gasteiger partial charge >= 0.3 is 0 Å². The number of hydrogen-bond acceptors (Lipinski definition) is 4. The van der Waals surface area contributed by atoms with Crippen LogP contribution in [0, 0.1) is 11.3 Å². The average molecular weight is 235 g/mol. The fourth-order valence-corrected chi connectivity index (χ4v) is 1.61. The third-order valence-electron chi connectivity index (χ3n) is 2.53. The van der Waals surface area contributed by atoms with E-state index in [0.29, 0.717) is 37.4 Å². The molecule has 0 aliphatic carbocycles. The van der Waals surface area contributed by atoms with E-state index in [9.17, 15) is 4.79 Å². The summed E-state index contributed by atoms with van der Waals surface area (Å²) in [5.41, 5.74) is 6.53. The minimum absolute atomic E-state index is 0.167. The molecule has 2 N–H and O–H groups in total. The van der Waals surface area contributed by atoms with E-state index >= 15 is 0 Å². The number of amides is 1. The van der Waals surface area contributed by atoms with Crippen molar-refractivity contribution in [3.05, 3.63) is 11.9 Å². The van der Waals surface area contributed by atoms with E-state index in [1.165, 1.54) is 6.20 Å². The topological polar surface area (TPSA) is 87.9 Å². The molecule has 0 saturated carbocycles. The summed E-state index contributed by atoms with van der Waals surface area (Å²) in [6.07, 6.45) is 1.80. The predicted molar refractivity (Wildman–Crippen MR) is 64.1 cm³/mol. The molecular formula is C11H17N5O. The summed E-state index contributed by atoms with van der Waals surface area (Å²) < 4.78 is 1.58. The van der Waals surface area contributed by atoms with E-state index in [1.54, 1.807) is 9.58 Å². The maximum Gasteiger partial charge on any atom is 0.274 e. The van der Waals surface area contributed by atoms with Gasteiger partial charge in [-0.05, 0) is 13.8 Å². The molecule has 1 aromatic heterocycles. The third kappa shape index (κ3) is 2.75. The van der Waals surface area contributed by atoms with Crippen molar-refractivity contribution in [2.45, 2.75) is 26.8 Å². The van der Waals surface area contributed by atoms with Gasteiger partial charge in [0.2, 0.25) is 0 Å². The number of rotatable bonds is 5. The lowest BCUT2D eigenvalue weighted by molar-refractivity contribution is 0.0756. The number of carbonyl (C=O) groups is 1. The number of aryl methyl sites for hydroxylation is 1. The zero-order chi connectivity index (χ0) is 12.8. The number of hydrogen-bond donors (Lipinski definition) is 1. The Kier molecular flexibility index (Phi) is 4.52. The second kappa shape index (κ2) is 5.89. The van der Waals surface area contributed by atoms with Crippen LogP contribution in [0.4, 0.5) is 5.69 Å². The monoisotopic (exact) mass is 235 g/mol. The van der Waals surface area contributed by atoms with Crippen LogP contribution in [0.5, 0.6) is 0 Å². The Morgan fingerprint density at radius 2 is 2.35 bits per heavy atom. The van der Waals surface area contributed by atoms with Gasteiger partial charge in [0.05, 0.1) is 24.4 Å². The first kappa shape index (κ1) is 13.0. The van der Waals surface area contributed by atoms with Gasteiger partial charge in [0.15, 0.2) is 0 Å². The summed E-state index contributed by atoms with van der Waals surface area (Å²) in [4.78, 5) is 13.8. The summed E-state index contributed by atoms with van der Waals surface area (Å²) in [5.74, 6) is -0.167. The molecule has 1 amide bonds. The van der Waals surface area contributed by atoms with Crippen LogP contribution < -0.4 is 5.73 Å². The number of nitrogens with zero attached hydrogens (tertiary/aromatic N) is 4. The highest BCUT2D eigenvalue weighted by molar-refractivity contribution is 5.97. The largest absolute Gasteiger partial charge is 0.396 e. The smallest absolute Gasteiger partial charge is 0.274 e. The van der Waals surface area contributed by atoms with Gasteiger partial charge in [-0.25, -0.2) is 0 Å². The molecular weight excluding hydrogens is 218 g/mol. The Labute approximate surface area is 101 Å². The Morgan fingerprint density at radius 3 is 2.88 bits per heavy atom.